The summed E-state index contributed by atoms with van der Waals surface area (Å²) in [6, 6.07) is 6.05. The number of para-hydroxylation sites is 1. The number of methoxy groups -OCH3 is 1. The van der Waals surface area contributed by atoms with E-state index in [-0.39, 0.29) is 13.0 Å². The number of rotatable bonds is 5. The molecule has 1 saturated heterocycles. The maximum Gasteiger partial charge on any atom is 0.322 e. The Balaban J connectivity index is 2.48. The fraction of sp³-hybridized carbons (Fsp3) is 0.357. The Labute approximate surface area is 121 Å². The van der Waals surface area contributed by atoms with E-state index in [9.17, 15) is 14.4 Å². The second kappa shape index (κ2) is 5.82. The highest BCUT2D eigenvalue weighted by Crippen LogP contribution is 2.35. The van der Waals surface area contributed by atoms with Crippen LogP contribution in [-0.4, -0.2) is 31.6 Å². The number of esters is 1. The van der Waals surface area contributed by atoms with E-state index in [1.165, 1.54) is 7.11 Å². The van der Waals surface area contributed by atoms with Crippen LogP contribution in [0, 0.1) is 0 Å². The Kier molecular flexibility index (Phi) is 4.11. The van der Waals surface area contributed by atoms with Crippen LogP contribution in [0.5, 0.6) is 5.75 Å². The molecule has 0 aromatic heterocycles. The van der Waals surface area contributed by atoms with Gasteiger partial charge in [-0.3, -0.25) is 14.9 Å². The third-order valence-electron chi connectivity index (χ3n) is 3.22. The molecule has 2 N–H and O–H groups in total. The van der Waals surface area contributed by atoms with Gasteiger partial charge in [-0.15, -0.1) is 0 Å². The van der Waals surface area contributed by atoms with Gasteiger partial charge in [0, 0.05) is 5.56 Å². The molecule has 1 unspecified atom stereocenters. The zero-order valence-corrected chi connectivity index (χ0v) is 11.8. The van der Waals surface area contributed by atoms with Crippen LogP contribution in [0.2, 0.25) is 0 Å². The molecule has 7 heteroatoms. The van der Waals surface area contributed by atoms with Crippen LogP contribution in [-0.2, 0) is 19.9 Å². The zero-order valence-electron chi connectivity index (χ0n) is 11.8. The number of hydrogen-bond donors (Lipinski definition) is 2. The summed E-state index contributed by atoms with van der Waals surface area (Å²) in [4.78, 5) is 35.6. The van der Waals surface area contributed by atoms with Gasteiger partial charge in [0.05, 0.1) is 20.1 Å². The van der Waals surface area contributed by atoms with Crippen LogP contribution in [0.4, 0.5) is 4.79 Å². The van der Waals surface area contributed by atoms with Gasteiger partial charge in [-0.2, -0.15) is 0 Å². The highest BCUT2D eigenvalue weighted by molar-refractivity contribution is 6.09. The van der Waals surface area contributed by atoms with Gasteiger partial charge in [0.25, 0.3) is 5.91 Å². The van der Waals surface area contributed by atoms with Crippen LogP contribution in [0.1, 0.15) is 18.9 Å². The summed E-state index contributed by atoms with van der Waals surface area (Å²) < 4.78 is 10.1. The summed E-state index contributed by atoms with van der Waals surface area (Å²) >= 11 is 0. The molecule has 0 bridgehead atoms. The first-order valence-electron chi connectivity index (χ1n) is 6.46. The molecule has 1 aliphatic rings. The van der Waals surface area contributed by atoms with Crippen molar-refractivity contribution >= 4 is 17.9 Å². The molecule has 0 radical (unpaired) electrons. The number of urea groups is 1. The molecule has 21 heavy (non-hydrogen) atoms. The Bertz CT molecular complexity index is 586. The normalized spacial score (nSPS) is 20.7. The van der Waals surface area contributed by atoms with Gasteiger partial charge in [0.1, 0.15) is 5.75 Å². The third kappa shape index (κ3) is 2.67. The summed E-state index contributed by atoms with van der Waals surface area (Å²) in [7, 11) is 1.45. The standard InChI is InChI=1S/C14H16N2O5/c1-3-21-11(17)8-14(12(18)15-13(19)16-14)9-6-4-5-7-10(9)20-2/h4-7H,3,8H2,1-2H3,(H2,15,16,18,19). The quantitative estimate of drug-likeness (QED) is 0.615. The fourth-order valence-electron chi connectivity index (χ4n) is 2.33. The summed E-state index contributed by atoms with van der Waals surface area (Å²) in [6.07, 6.45) is -0.307. The third-order valence-corrected chi connectivity index (χ3v) is 3.22. The van der Waals surface area contributed by atoms with Crippen molar-refractivity contribution in [3.05, 3.63) is 29.8 Å². The Hall–Kier alpha value is -2.57. The maximum absolute atomic E-state index is 12.3. The molecule has 7 nitrogen and oxygen atoms in total. The van der Waals surface area contributed by atoms with Crippen molar-refractivity contribution in [3.8, 4) is 5.75 Å². The van der Waals surface area contributed by atoms with E-state index in [0.29, 0.717) is 11.3 Å². The van der Waals surface area contributed by atoms with Crippen LogP contribution in [0.3, 0.4) is 0 Å². The smallest absolute Gasteiger partial charge is 0.322 e. The predicted molar refractivity (Wildman–Crippen MR) is 72.6 cm³/mol. The van der Waals surface area contributed by atoms with E-state index < -0.39 is 23.4 Å². The summed E-state index contributed by atoms with van der Waals surface area (Å²) in [5.74, 6) is -0.787. The van der Waals surface area contributed by atoms with Crippen molar-refractivity contribution in [3.63, 3.8) is 0 Å². The average Bonchev–Trinajstić information content (AvgIpc) is 2.74. The van der Waals surface area contributed by atoms with Crippen LogP contribution in [0.15, 0.2) is 24.3 Å². The molecule has 3 amide bonds. The lowest BCUT2D eigenvalue weighted by Gasteiger charge is -2.27. The van der Waals surface area contributed by atoms with E-state index in [0.717, 1.165) is 0 Å². The lowest BCUT2D eigenvalue weighted by molar-refractivity contribution is -0.147. The summed E-state index contributed by atoms with van der Waals surface area (Å²) in [5.41, 5.74) is -1.11. The maximum atomic E-state index is 12.3. The van der Waals surface area contributed by atoms with E-state index in [4.69, 9.17) is 9.47 Å². The first-order valence-corrected chi connectivity index (χ1v) is 6.46. The van der Waals surface area contributed by atoms with Crippen LogP contribution < -0.4 is 15.4 Å². The predicted octanol–water partition coefficient (Wildman–Crippen LogP) is 0.683. The highest BCUT2D eigenvalue weighted by atomic mass is 16.5. The molecule has 112 valence electrons. The lowest BCUT2D eigenvalue weighted by Crippen LogP contribution is -2.46. The topological polar surface area (TPSA) is 93.7 Å². The summed E-state index contributed by atoms with van der Waals surface area (Å²) in [6.45, 7) is 1.86. The molecular weight excluding hydrogens is 276 g/mol. The van der Waals surface area contributed by atoms with Gasteiger partial charge < -0.3 is 14.8 Å². The zero-order chi connectivity index (χ0) is 15.5. The second-order valence-electron chi connectivity index (χ2n) is 4.50. The minimum absolute atomic E-state index is 0.191. The molecular formula is C14H16N2O5. The van der Waals surface area contributed by atoms with Crippen molar-refractivity contribution in [1.82, 2.24) is 10.6 Å². The molecule has 1 aliphatic heterocycles. The van der Waals surface area contributed by atoms with Gasteiger partial charge in [-0.25, -0.2) is 4.79 Å². The number of imide groups is 1. The second-order valence-corrected chi connectivity index (χ2v) is 4.50. The molecule has 1 fully saturated rings. The summed E-state index contributed by atoms with van der Waals surface area (Å²) in [5, 5.41) is 4.67. The fourth-order valence-corrected chi connectivity index (χ4v) is 2.33. The van der Waals surface area contributed by atoms with Gasteiger partial charge in [0.15, 0.2) is 5.54 Å². The van der Waals surface area contributed by atoms with Gasteiger partial charge >= 0.3 is 12.0 Å². The largest absolute Gasteiger partial charge is 0.496 e. The number of carbonyl (C=O) groups excluding carboxylic acids is 3. The van der Waals surface area contributed by atoms with Crippen molar-refractivity contribution in [2.24, 2.45) is 0 Å². The van der Waals surface area contributed by atoms with E-state index in [1.807, 2.05) is 0 Å². The molecule has 1 aromatic rings. The number of hydrogen-bond acceptors (Lipinski definition) is 5. The van der Waals surface area contributed by atoms with E-state index >= 15 is 0 Å². The van der Waals surface area contributed by atoms with Gasteiger partial charge in [0.2, 0.25) is 0 Å². The minimum atomic E-state index is -1.52. The highest BCUT2D eigenvalue weighted by Gasteiger charge is 2.51. The Morgan fingerprint density at radius 3 is 2.57 bits per heavy atom. The number of nitrogens with one attached hydrogen (secondary N) is 2. The van der Waals surface area contributed by atoms with E-state index in [1.54, 1.807) is 31.2 Å². The van der Waals surface area contributed by atoms with Crippen LogP contribution >= 0.6 is 0 Å². The Morgan fingerprint density at radius 2 is 2.00 bits per heavy atom. The number of ether oxygens (including phenoxy) is 2. The molecule has 1 heterocycles. The molecule has 0 saturated carbocycles. The molecule has 0 spiro atoms. The lowest BCUT2D eigenvalue weighted by atomic mass is 9.86. The van der Waals surface area contributed by atoms with Gasteiger partial charge in [-0.05, 0) is 13.0 Å². The van der Waals surface area contributed by atoms with Gasteiger partial charge in [-0.1, -0.05) is 18.2 Å². The van der Waals surface area contributed by atoms with Crippen molar-refractivity contribution in [2.45, 2.75) is 18.9 Å². The molecule has 0 aliphatic carbocycles. The van der Waals surface area contributed by atoms with Crippen molar-refractivity contribution in [1.29, 1.82) is 0 Å². The number of amides is 3. The number of carbonyl (C=O) groups is 3. The average molecular weight is 292 g/mol. The minimum Gasteiger partial charge on any atom is -0.496 e. The first kappa shape index (κ1) is 14.8. The Morgan fingerprint density at radius 1 is 1.29 bits per heavy atom. The van der Waals surface area contributed by atoms with Crippen molar-refractivity contribution in [2.75, 3.05) is 13.7 Å². The first-order chi connectivity index (χ1) is 10.0. The number of benzene rings is 1. The van der Waals surface area contributed by atoms with Crippen molar-refractivity contribution < 1.29 is 23.9 Å². The molecule has 2 rings (SSSR count). The monoisotopic (exact) mass is 292 g/mol. The van der Waals surface area contributed by atoms with Crippen LogP contribution in [0.25, 0.3) is 0 Å². The molecule has 1 atom stereocenters. The SMILES string of the molecule is CCOC(=O)CC1(c2ccccc2OC)NC(=O)NC1=O. The van der Waals surface area contributed by atoms with E-state index in [2.05, 4.69) is 10.6 Å². The molecule has 1 aromatic carbocycles.